The molecule has 1 unspecified atom stereocenters. The molecule has 0 radical (unpaired) electrons. The highest BCUT2D eigenvalue weighted by Crippen LogP contribution is 2.34. The van der Waals surface area contributed by atoms with Gasteiger partial charge in [-0.05, 0) is 33.6 Å². The number of carbonyl (C=O) groups excluding carboxylic acids is 1. The normalized spacial score (nSPS) is 29.8. The maximum atomic E-state index is 12.0. The van der Waals surface area contributed by atoms with Crippen molar-refractivity contribution in [2.45, 2.75) is 58.7 Å². The number of hydrogen-bond acceptors (Lipinski definition) is 2. The predicted octanol–water partition coefficient (Wildman–Crippen LogP) is 3.67. The Morgan fingerprint density at radius 1 is 1.59 bits per heavy atom. The van der Waals surface area contributed by atoms with Crippen LogP contribution in [-0.4, -0.2) is 17.5 Å². The molecule has 2 nitrogen and oxygen atoms in total. The van der Waals surface area contributed by atoms with Gasteiger partial charge in [0.2, 0.25) is 0 Å². The van der Waals surface area contributed by atoms with Gasteiger partial charge >= 0.3 is 0 Å². The number of allylic oxidation sites excluding steroid dienone is 2. The Kier molecular flexibility index (Phi) is 4.70. The van der Waals surface area contributed by atoms with Gasteiger partial charge < -0.3 is 4.74 Å². The zero-order valence-electron chi connectivity index (χ0n) is 11.5. The minimum atomic E-state index is -0.240. The summed E-state index contributed by atoms with van der Waals surface area (Å²) in [5, 5.41) is 0. The van der Waals surface area contributed by atoms with E-state index in [2.05, 4.69) is 6.58 Å². The first-order valence-corrected chi connectivity index (χ1v) is 6.35. The molecule has 1 aliphatic rings. The average Bonchev–Trinajstić information content (AvgIpc) is 2.68. The number of ether oxygens (including phenoxy) is 1. The Bertz CT molecular complexity index is 326. The summed E-state index contributed by atoms with van der Waals surface area (Å²) in [5.74, 6) is 0.247. The molecule has 96 valence electrons. The number of carbonyl (C=O) groups is 1. The van der Waals surface area contributed by atoms with Crippen LogP contribution < -0.4 is 0 Å². The zero-order valence-corrected chi connectivity index (χ0v) is 11.5. The first-order chi connectivity index (χ1) is 7.88. The lowest BCUT2D eigenvalue weighted by molar-refractivity contribution is -0.127. The summed E-state index contributed by atoms with van der Waals surface area (Å²) in [6.45, 7) is 11.8. The summed E-state index contributed by atoms with van der Waals surface area (Å²) >= 11 is 0. The molecular weight excluding hydrogens is 212 g/mol. The largest absolute Gasteiger partial charge is 0.367 e. The fourth-order valence-corrected chi connectivity index (χ4v) is 2.09. The quantitative estimate of drug-likeness (QED) is 0.681. The molecule has 0 amide bonds. The second-order valence-corrected chi connectivity index (χ2v) is 5.45. The lowest BCUT2D eigenvalue weighted by atomic mass is 9.94. The Hall–Kier alpha value is -0.890. The van der Waals surface area contributed by atoms with E-state index < -0.39 is 0 Å². The Morgan fingerprint density at radius 2 is 2.24 bits per heavy atom. The number of rotatable bonds is 5. The van der Waals surface area contributed by atoms with E-state index in [0.29, 0.717) is 6.42 Å². The molecule has 0 aromatic heterocycles. The fourth-order valence-electron chi connectivity index (χ4n) is 2.09. The highest BCUT2D eigenvalue weighted by Gasteiger charge is 2.37. The highest BCUT2D eigenvalue weighted by molar-refractivity contribution is 5.82. The summed E-state index contributed by atoms with van der Waals surface area (Å²) in [6, 6.07) is 0. The van der Waals surface area contributed by atoms with Gasteiger partial charge in [-0.3, -0.25) is 4.79 Å². The van der Waals surface area contributed by atoms with Crippen molar-refractivity contribution in [3.05, 3.63) is 24.3 Å². The van der Waals surface area contributed by atoms with E-state index in [4.69, 9.17) is 4.74 Å². The van der Waals surface area contributed by atoms with E-state index in [1.165, 1.54) is 5.57 Å². The standard InChI is InChI=1S/C15H24O2/c1-6-15(5)10-9-14(17-15)12(4)13(16)8-7-11(2)3/h6-7,12,14H,1,8-10H2,2-5H3/t12?,14-,15-/m0/s1. The van der Waals surface area contributed by atoms with Gasteiger partial charge in [-0.15, -0.1) is 6.58 Å². The van der Waals surface area contributed by atoms with Crippen molar-refractivity contribution in [3.8, 4) is 0 Å². The molecule has 0 aromatic rings. The molecule has 0 bridgehead atoms. The van der Waals surface area contributed by atoms with E-state index in [-0.39, 0.29) is 23.4 Å². The minimum absolute atomic E-state index is 0.0209. The van der Waals surface area contributed by atoms with Crippen molar-refractivity contribution < 1.29 is 9.53 Å². The molecular formula is C15H24O2. The Morgan fingerprint density at radius 3 is 2.71 bits per heavy atom. The molecule has 1 rings (SSSR count). The summed E-state index contributed by atoms with van der Waals surface area (Å²) in [4.78, 5) is 12.0. The summed E-state index contributed by atoms with van der Waals surface area (Å²) in [7, 11) is 0. The van der Waals surface area contributed by atoms with Gasteiger partial charge in [0, 0.05) is 12.3 Å². The van der Waals surface area contributed by atoms with Gasteiger partial charge in [0.25, 0.3) is 0 Å². The lowest BCUT2D eigenvalue weighted by Crippen LogP contribution is -2.29. The highest BCUT2D eigenvalue weighted by atomic mass is 16.5. The summed E-state index contributed by atoms with van der Waals surface area (Å²) in [6.07, 6.45) is 6.32. The van der Waals surface area contributed by atoms with Crippen molar-refractivity contribution in [2.75, 3.05) is 0 Å². The van der Waals surface area contributed by atoms with Crippen molar-refractivity contribution in [1.29, 1.82) is 0 Å². The molecule has 0 spiro atoms. The molecule has 0 N–H and O–H groups in total. The molecule has 0 saturated carbocycles. The second-order valence-electron chi connectivity index (χ2n) is 5.45. The molecule has 0 aromatic carbocycles. The molecule has 1 fully saturated rings. The van der Waals surface area contributed by atoms with Crippen molar-refractivity contribution in [2.24, 2.45) is 5.92 Å². The van der Waals surface area contributed by atoms with Gasteiger partial charge in [0.15, 0.2) is 0 Å². The van der Waals surface area contributed by atoms with Crippen LogP contribution in [0.3, 0.4) is 0 Å². The Balaban J connectivity index is 2.54. The van der Waals surface area contributed by atoms with E-state index in [0.717, 1.165) is 12.8 Å². The van der Waals surface area contributed by atoms with Crippen LogP contribution in [0.25, 0.3) is 0 Å². The van der Waals surface area contributed by atoms with Gasteiger partial charge in [0.1, 0.15) is 5.78 Å². The van der Waals surface area contributed by atoms with Gasteiger partial charge in [-0.25, -0.2) is 0 Å². The number of ketones is 1. The SMILES string of the molecule is C=C[C@@]1(C)CC[C@@H](C(C)C(=O)CC=C(C)C)O1. The third kappa shape index (κ3) is 3.81. The third-order valence-electron chi connectivity index (χ3n) is 3.55. The Labute approximate surface area is 105 Å². The van der Waals surface area contributed by atoms with Crippen LogP contribution in [0.15, 0.2) is 24.3 Å². The van der Waals surface area contributed by atoms with Crippen LogP contribution in [-0.2, 0) is 9.53 Å². The second kappa shape index (κ2) is 5.63. The van der Waals surface area contributed by atoms with Crippen molar-refractivity contribution in [1.82, 2.24) is 0 Å². The predicted molar refractivity (Wildman–Crippen MR) is 70.9 cm³/mol. The first kappa shape index (κ1) is 14.2. The monoisotopic (exact) mass is 236 g/mol. The smallest absolute Gasteiger partial charge is 0.142 e. The summed E-state index contributed by atoms with van der Waals surface area (Å²) < 4.78 is 5.93. The lowest BCUT2D eigenvalue weighted by Gasteiger charge is -2.23. The average molecular weight is 236 g/mol. The van der Waals surface area contributed by atoms with E-state index in [1.807, 2.05) is 39.8 Å². The third-order valence-corrected chi connectivity index (χ3v) is 3.55. The van der Waals surface area contributed by atoms with E-state index >= 15 is 0 Å². The van der Waals surface area contributed by atoms with Crippen molar-refractivity contribution >= 4 is 5.78 Å². The van der Waals surface area contributed by atoms with E-state index in [9.17, 15) is 4.79 Å². The van der Waals surface area contributed by atoms with Gasteiger partial charge in [-0.1, -0.05) is 24.6 Å². The van der Waals surface area contributed by atoms with Crippen LogP contribution in [0.4, 0.5) is 0 Å². The van der Waals surface area contributed by atoms with Crippen molar-refractivity contribution in [3.63, 3.8) is 0 Å². The molecule has 17 heavy (non-hydrogen) atoms. The molecule has 1 heterocycles. The zero-order chi connectivity index (χ0) is 13.1. The fraction of sp³-hybridized carbons (Fsp3) is 0.667. The van der Waals surface area contributed by atoms with E-state index in [1.54, 1.807) is 0 Å². The first-order valence-electron chi connectivity index (χ1n) is 6.35. The maximum Gasteiger partial charge on any atom is 0.142 e. The topological polar surface area (TPSA) is 26.3 Å². The molecule has 1 aliphatic heterocycles. The van der Waals surface area contributed by atoms with Crippen LogP contribution in [0, 0.1) is 5.92 Å². The molecule has 1 saturated heterocycles. The molecule has 3 atom stereocenters. The van der Waals surface area contributed by atoms with Crippen LogP contribution in [0.1, 0.15) is 47.0 Å². The van der Waals surface area contributed by atoms with Crippen LogP contribution in [0.5, 0.6) is 0 Å². The van der Waals surface area contributed by atoms with Crippen LogP contribution in [0.2, 0.25) is 0 Å². The van der Waals surface area contributed by atoms with Crippen LogP contribution >= 0.6 is 0 Å². The molecule has 2 heteroatoms. The number of Topliss-reactive ketones (excluding diaryl/α,β-unsaturated/α-hetero) is 1. The summed E-state index contributed by atoms with van der Waals surface area (Å²) in [5.41, 5.74) is 0.948. The van der Waals surface area contributed by atoms with Gasteiger partial charge in [-0.2, -0.15) is 0 Å². The molecule has 0 aliphatic carbocycles. The minimum Gasteiger partial charge on any atom is -0.367 e. The number of hydrogen-bond donors (Lipinski definition) is 0. The van der Waals surface area contributed by atoms with Gasteiger partial charge in [0.05, 0.1) is 11.7 Å². The maximum absolute atomic E-state index is 12.0.